The molecule has 3 amide bonds. The highest BCUT2D eigenvalue weighted by Gasteiger charge is 2.29. The third kappa shape index (κ3) is 4.79. The number of likely N-dealkylation sites (tertiary alicyclic amines) is 1. The van der Waals surface area contributed by atoms with Crippen molar-refractivity contribution >= 4 is 40.1 Å². The van der Waals surface area contributed by atoms with Gasteiger partial charge in [0.2, 0.25) is 0 Å². The number of carbonyl (C=O) groups excluding carboxylic acids is 2. The van der Waals surface area contributed by atoms with E-state index in [0.717, 1.165) is 33.7 Å². The van der Waals surface area contributed by atoms with Gasteiger partial charge in [-0.1, -0.05) is 29.0 Å². The molecule has 1 aromatic heterocycles. The number of rotatable bonds is 4. The molecular formula is C21H26N4O4S. The number of aliphatic carboxylic acids is 1. The lowest BCUT2D eigenvalue weighted by atomic mass is 9.99. The van der Waals surface area contributed by atoms with Gasteiger partial charge in [-0.3, -0.25) is 14.9 Å². The Bertz CT molecular complexity index is 978. The minimum absolute atomic E-state index is 0.171. The first-order valence-corrected chi connectivity index (χ1v) is 10.6. The van der Waals surface area contributed by atoms with Crippen molar-refractivity contribution in [1.82, 2.24) is 9.88 Å². The number of nitrogens with one attached hydrogen (secondary N) is 2. The molecule has 30 heavy (non-hydrogen) atoms. The number of hydrogen-bond acceptors (Lipinski definition) is 5. The molecule has 0 spiro atoms. The number of nitrogens with zero attached hydrogens (tertiary/aromatic N) is 2. The van der Waals surface area contributed by atoms with Crippen molar-refractivity contribution < 1.29 is 19.5 Å². The van der Waals surface area contributed by atoms with Gasteiger partial charge >= 0.3 is 12.0 Å². The zero-order chi connectivity index (χ0) is 22.0. The molecule has 8 nitrogen and oxygen atoms in total. The van der Waals surface area contributed by atoms with E-state index in [1.165, 1.54) is 4.90 Å². The summed E-state index contributed by atoms with van der Waals surface area (Å²) in [6.45, 7) is 8.30. The summed E-state index contributed by atoms with van der Waals surface area (Å²) in [4.78, 5) is 42.8. The third-order valence-electron chi connectivity index (χ3n) is 5.19. The molecule has 1 aromatic carbocycles. The van der Waals surface area contributed by atoms with Gasteiger partial charge in [-0.05, 0) is 51.7 Å². The number of aromatic nitrogens is 1. The summed E-state index contributed by atoms with van der Waals surface area (Å²) < 4.78 is 0. The number of carbonyl (C=O) groups is 3. The Morgan fingerprint density at radius 1 is 1.13 bits per heavy atom. The molecule has 1 unspecified atom stereocenters. The maximum Gasteiger partial charge on any atom is 0.323 e. The van der Waals surface area contributed by atoms with Crippen LogP contribution in [0.15, 0.2) is 12.1 Å². The van der Waals surface area contributed by atoms with Crippen LogP contribution in [0.3, 0.4) is 0 Å². The van der Waals surface area contributed by atoms with Gasteiger partial charge in [0.05, 0.1) is 11.6 Å². The quantitative estimate of drug-likeness (QED) is 0.680. The predicted octanol–water partition coefficient (Wildman–Crippen LogP) is 3.96. The zero-order valence-corrected chi connectivity index (χ0v) is 18.4. The van der Waals surface area contributed by atoms with E-state index >= 15 is 0 Å². The van der Waals surface area contributed by atoms with Crippen LogP contribution in [0.2, 0.25) is 0 Å². The topological polar surface area (TPSA) is 112 Å². The molecule has 1 aliphatic heterocycles. The summed E-state index contributed by atoms with van der Waals surface area (Å²) in [5.41, 5.74) is 4.39. The van der Waals surface area contributed by atoms with Crippen molar-refractivity contribution in [2.24, 2.45) is 5.92 Å². The van der Waals surface area contributed by atoms with E-state index in [4.69, 9.17) is 0 Å². The van der Waals surface area contributed by atoms with E-state index in [1.807, 2.05) is 32.9 Å². The fourth-order valence-electron chi connectivity index (χ4n) is 3.74. The predicted molar refractivity (Wildman–Crippen MR) is 116 cm³/mol. The number of piperidine rings is 1. The van der Waals surface area contributed by atoms with Crippen molar-refractivity contribution in [3.05, 3.63) is 39.4 Å². The van der Waals surface area contributed by atoms with Crippen molar-refractivity contribution in [2.75, 3.05) is 23.7 Å². The van der Waals surface area contributed by atoms with E-state index in [2.05, 4.69) is 15.6 Å². The Hall–Kier alpha value is -2.94. The van der Waals surface area contributed by atoms with E-state index in [1.54, 1.807) is 6.92 Å². The Morgan fingerprint density at radius 2 is 1.80 bits per heavy atom. The van der Waals surface area contributed by atoms with Crippen LogP contribution in [0.4, 0.5) is 15.6 Å². The number of urea groups is 1. The Morgan fingerprint density at radius 3 is 2.43 bits per heavy atom. The summed E-state index contributed by atoms with van der Waals surface area (Å²) in [7, 11) is 0. The standard InChI is InChI=1S/C21H26N4O4S/c1-11-8-12(2)16(13(3)9-11)23-18(26)17-14(4)22-20(30-17)24-21(29)25-7-5-6-15(10-25)19(27)28/h8-9,15H,5-7,10H2,1-4H3,(H,23,26)(H,27,28)(H,22,24,29). The first kappa shape index (κ1) is 21.8. The SMILES string of the molecule is Cc1cc(C)c(NC(=O)c2sc(NC(=O)N3CCCC(C(=O)O)C3)nc2C)c(C)c1. The zero-order valence-electron chi connectivity index (χ0n) is 17.5. The number of amides is 3. The molecule has 2 aromatic rings. The van der Waals surface area contributed by atoms with Crippen LogP contribution in [-0.4, -0.2) is 46.0 Å². The van der Waals surface area contributed by atoms with Crippen LogP contribution < -0.4 is 10.6 Å². The third-order valence-corrected chi connectivity index (χ3v) is 6.26. The second-order valence-electron chi connectivity index (χ2n) is 7.71. The summed E-state index contributed by atoms with van der Waals surface area (Å²) in [5, 5.41) is 15.2. The molecular weight excluding hydrogens is 404 g/mol. The molecule has 1 atom stereocenters. The number of aryl methyl sites for hydroxylation is 4. The highest BCUT2D eigenvalue weighted by molar-refractivity contribution is 7.17. The van der Waals surface area contributed by atoms with E-state index < -0.39 is 17.9 Å². The summed E-state index contributed by atoms with van der Waals surface area (Å²) in [5.74, 6) is -1.72. The fourth-order valence-corrected chi connectivity index (χ4v) is 4.59. The number of hydrogen-bond donors (Lipinski definition) is 3. The minimum atomic E-state index is -0.891. The molecule has 160 valence electrons. The van der Waals surface area contributed by atoms with Crippen molar-refractivity contribution in [3.8, 4) is 0 Å². The number of carboxylic acid groups (broad SMARTS) is 1. The molecule has 0 radical (unpaired) electrons. The Balaban J connectivity index is 1.70. The van der Waals surface area contributed by atoms with E-state index in [0.29, 0.717) is 35.1 Å². The van der Waals surface area contributed by atoms with E-state index in [-0.39, 0.29) is 12.5 Å². The summed E-state index contributed by atoms with van der Waals surface area (Å²) >= 11 is 1.10. The molecule has 0 bridgehead atoms. The molecule has 1 saturated heterocycles. The minimum Gasteiger partial charge on any atom is -0.481 e. The van der Waals surface area contributed by atoms with Gasteiger partial charge in [0, 0.05) is 18.8 Å². The summed E-state index contributed by atoms with van der Waals surface area (Å²) in [6.07, 6.45) is 1.21. The van der Waals surface area contributed by atoms with Gasteiger partial charge in [0.1, 0.15) is 4.88 Å². The highest BCUT2D eigenvalue weighted by Crippen LogP contribution is 2.27. The van der Waals surface area contributed by atoms with Crippen molar-refractivity contribution in [3.63, 3.8) is 0 Å². The van der Waals surface area contributed by atoms with Gasteiger partial charge in [-0.25, -0.2) is 9.78 Å². The van der Waals surface area contributed by atoms with Crippen LogP contribution in [0, 0.1) is 33.6 Å². The molecule has 3 rings (SSSR count). The first-order valence-electron chi connectivity index (χ1n) is 9.81. The van der Waals surface area contributed by atoms with Gasteiger partial charge < -0.3 is 15.3 Å². The molecule has 0 aliphatic carbocycles. The molecule has 9 heteroatoms. The van der Waals surface area contributed by atoms with Gasteiger partial charge in [0.25, 0.3) is 5.91 Å². The van der Waals surface area contributed by atoms with Crippen molar-refractivity contribution in [1.29, 1.82) is 0 Å². The second kappa shape index (κ2) is 8.83. The van der Waals surface area contributed by atoms with Crippen LogP contribution in [-0.2, 0) is 4.79 Å². The molecule has 3 N–H and O–H groups in total. The van der Waals surface area contributed by atoms with Crippen LogP contribution in [0.1, 0.15) is 44.9 Å². The average molecular weight is 431 g/mol. The lowest BCUT2D eigenvalue weighted by Gasteiger charge is -2.30. The molecule has 0 saturated carbocycles. The van der Waals surface area contributed by atoms with Crippen LogP contribution in [0.5, 0.6) is 0 Å². The van der Waals surface area contributed by atoms with Gasteiger partial charge in [-0.2, -0.15) is 0 Å². The summed E-state index contributed by atoms with van der Waals surface area (Å²) in [6, 6.07) is 3.63. The number of benzene rings is 1. The number of anilines is 2. The van der Waals surface area contributed by atoms with Gasteiger partial charge in [0.15, 0.2) is 5.13 Å². The second-order valence-corrected chi connectivity index (χ2v) is 8.71. The number of thiazole rings is 1. The van der Waals surface area contributed by atoms with Gasteiger partial charge in [-0.15, -0.1) is 0 Å². The Kier molecular flexibility index (Phi) is 6.40. The fraction of sp³-hybridized carbons (Fsp3) is 0.429. The first-order chi connectivity index (χ1) is 14.2. The monoisotopic (exact) mass is 430 g/mol. The van der Waals surface area contributed by atoms with Crippen molar-refractivity contribution in [2.45, 2.75) is 40.5 Å². The van der Waals surface area contributed by atoms with Crippen LogP contribution in [0.25, 0.3) is 0 Å². The van der Waals surface area contributed by atoms with Crippen LogP contribution >= 0.6 is 11.3 Å². The Labute approximate surface area is 179 Å². The largest absolute Gasteiger partial charge is 0.481 e. The van der Waals surface area contributed by atoms with E-state index in [9.17, 15) is 19.5 Å². The number of carboxylic acids is 1. The highest BCUT2D eigenvalue weighted by atomic mass is 32.1. The molecule has 2 heterocycles. The average Bonchev–Trinajstić information content (AvgIpc) is 3.04. The maximum atomic E-state index is 12.8. The smallest absolute Gasteiger partial charge is 0.323 e. The lowest BCUT2D eigenvalue weighted by Crippen LogP contribution is -2.44. The lowest BCUT2D eigenvalue weighted by molar-refractivity contribution is -0.143. The normalized spacial score (nSPS) is 16.3. The molecule has 1 aliphatic rings. The maximum absolute atomic E-state index is 12.8. The molecule has 1 fully saturated rings.